The third kappa shape index (κ3) is 2.39. The summed E-state index contributed by atoms with van der Waals surface area (Å²) >= 11 is 0. The van der Waals surface area contributed by atoms with Gasteiger partial charge in [-0.15, -0.1) is 0 Å². The van der Waals surface area contributed by atoms with E-state index >= 15 is 0 Å². The van der Waals surface area contributed by atoms with E-state index in [0.717, 1.165) is 6.07 Å². The van der Waals surface area contributed by atoms with Crippen LogP contribution < -0.4 is 4.90 Å². The Morgan fingerprint density at radius 3 is 2.80 bits per heavy atom. The molecule has 2 rings (SSSR count). The Bertz CT molecular complexity index is 610. The molecule has 0 aromatic heterocycles. The van der Waals surface area contributed by atoms with Crippen molar-refractivity contribution in [2.75, 3.05) is 11.4 Å². The Morgan fingerprint density at radius 1 is 1.55 bits per heavy atom. The maximum Gasteiger partial charge on any atom is 0.326 e. The lowest BCUT2D eigenvalue weighted by Gasteiger charge is -2.23. The van der Waals surface area contributed by atoms with Crippen molar-refractivity contribution in [3.63, 3.8) is 0 Å². The molecular weight excluding hydrogens is 266 g/mol. The fourth-order valence-electron chi connectivity index (χ4n) is 2.28. The largest absolute Gasteiger partial charge is 0.480 e. The van der Waals surface area contributed by atoms with Gasteiger partial charge in [0.05, 0.1) is 11.0 Å². The van der Waals surface area contributed by atoms with Crippen molar-refractivity contribution in [2.24, 2.45) is 0 Å². The van der Waals surface area contributed by atoms with Crippen LogP contribution in [0.5, 0.6) is 0 Å². The number of aliphatic hydroxyl groups excluding tert-OH is 1. The Balaban J connectivity index is 2.41. The lowest BCUT2D eigenvalue weighted by atomic mass is 10.1. The van der Waals surface area contributed by atoms with Gasteiger partial charge >= 0.3 is 5.97 Å². The highest BCUT2D eigenvalue weighted by atomic mass is 16.6. The molecule has 0 spiro atoms. The Hall–Kier alpha value is -2.66. The van der Waals surface area contributed by atoms with E-state index in [0.29, 0.717) is 5.69 Å². The first kappa shape index (κ1) is 13.8. The predicted octanol–water partition coefficient (Wildman–Crippen LogP) is 0.491. The number of benzene rings is 1. The van der Waals surface area contributed by atoms with E-state index < -0.39 is 23.0 Å². The number of aliphatic carboxylic acids is 1. The smallest absolute Gasteiger partial charge is 0.326 e. The van der Waals surface area contributed by atoms with E-state index in [9.17, 15) is 20.0 Å². The number of anilines is 1. The summed E-state index contributed by atoms with van der Waals surface area (Å²) in [6.07, 6.45) is -0.703. The third-order valence-electron chi connectivity index (χ3n) is 3.19. The highest BCUT2D eigenvalue weighted by Crippen LogP contribution is 2.30. The maximum absolute atomic E-state index is 11.1. The molecule has 20 heavy (non-hydrogen) atoms. The van der Waals surface area contributed by atoms with Crippen molar-refractivity contribution < 1.29 is 19.9 Å². The van der Waals surface area contributed by atoms with Gasteiger partial charge in [-0.2, -0.15) is 5.26 Å². The molecule has 0 amide bonds. The summed E-state index contributed by atoms with van der Waals surface area (Å²) in [6.45, 7) is 0.111. The van der Waals surface area contributed by atoms with Crippen LogP contribution in [0.4, 0.5) is 11.4 Å². The molecule has 8 heteroatoms. The van der Waals surface area contributed by atoms with E-state index in [1.165, 1.54) is 17.0 Å². The van der Waals surface area contributed by atoms with Crippen LogP contribution in [0.1, 0.15) is 12.0 Å². The van der Waals surface area contributed by atoms with Gasteiger partial charge in [0.1, 0.15) is 17.7 Å². The quantitative estimate of drug-likeness (QED) is 0.607. The highest BCUT2D eigenvalue weighted by molar-refractivity contribution is 5.79. The first-order valence-corrected chi connectivity index (χ1v) is 5.80. The summed E-state index contributed by atoms with van der Waals surface area (Å²) in [5.41, 5.74) is -0.100. The lowest BCUT2D eigenvalue weighted by Crippen LogP contribution is -2.36. The monoisotopic (exact) mass is 277 g/mol. The van der Waals surface area contributed by atoms with Crippen molar-refractivity contribution in [2.45, 2.75) is 18.6 Å². The minimum absolute atomic E-state index is 0.0776. The molecule has 0 bridgehead atoms. The molecule has 1 saturated heterocycles. The zero-order valence-corrected chi connectivity index (χ0v) is 10.3. The zero-order chi connectivity index (χ0) is 14.9. The summed E-state index contributed by atoms with van der Waals surface area (Å²) in [4.78, 5) is 22.6. The maximum atomic E-state index is 11.1. The van der Waals surface area contributed by atoms with Crippen LogP contribution in [0.3, 0.4) is 0 Å². The molecule has 0 radical (unpaired) electrons. The van der Waals surface area contributed by atoms with Crippen LogP contribution in [-0.4, -0.2) is 39.8 Å². The molecule has 0 aliphatic carbocycles. The molecule has 2 N–H and O–H groups in total. The van der Waals surface area contributed by atoms with Gasteiger partial charge in [-0.05, 0) is 12.1 Å². The molecule has 1 aliphatic rings. The average Bonchev–Trinajstić information content (AvgIpc) is 2.80. The summed E-state index contributed by atoms with van der Waals surface area (Å²) < 4.78 is 0. The van der Waals surface area contributed by atoms with Gasteiger partial charge in [-0.25, -0.2) is 4.79 Å². The second-order valence-corrected chi connectivity index (χ2v) is 4.47. The molecule has 0 saturated carbocycles. The molecule has 1 aromatic rings. The number of nitro groups is 1. The fourth-order valence-corrected chi connectivity index (χ4v) is 2.28. The predicted molar refractivity (Wildman–Crippen MR) is 67.2 cm³/mol. The molecule has 8 nitrogen and oxygen atoms in total. The standard InChI is InChI=1S/C12H11N3O5/c13-5-7-3-8(1-2-10(7)15(19)20)14-6-9(16)4-11(14)12(17)18/h1-3,9,11,16H,4,6H2,(H,17,18). The van der Waals surface area contributed by atoms with Crippen LogP contribution in [-0.2, 0) is 4.79 Å². The number of carboxylic acid groups (broad SMARTS) is 1. The van der Waals surface area contributed by atoms with Crippen molar-refractivity contribution >= 4 is 17.3 Å². The number of hydrogen-bond acceptors (Lipinski definition) is 6. The van der Waals surface area contributed by atoms with Crippen LogP contribution in [0.25, 0.3) is 0 Å². The molecule has 104 valence electrons. The van der Waals surface area contributed by atoms with Gasteiger partial charge in [0, 0.05) is 24.7 Å². The number of nitrogens with zero attached hydrogens (tertiary/aromatic N) is 3. The van der Waals surface area contributed by atoms with E-state index in [1.54, 1.807) is 6.07 Å². The molecule has 2 atom stereocenters. The zero-order valence-electron chi connectivity index (χ0n) is 10.3. The summed E-state index contributed by atoms with van der Waals surface area (Å²) in [7, 11) is 0. The van der Waals surface area contributed by atoms with E-state index in [4.69, 9.17) is 10.4 Å². The summed E-state index contributed by atoms with van der Waals surface area (Å²) in [6, 6.07) is 4.63. The third-order valence-corrected chi connectivity index (χ3v) is 3.19. The minimum atomic E-state index is -1.08. The number of hydrogen-bond donors (Lipinski definition) is 2. The first-order chi connectivity index (χ1) is 9.43. The normalized spacial score (nSPS) is 21.5. The highest BCUT2D eigenvalue weighted by Gasteiger charge is 2.36. The SMILES string of the molecule is N#Cc1cc(N2CC(O)CC2C(=O)O)ccc1[N+](=O)[O-]. The Labute approximate surface area is 113 Å². The van der Waals surface area contributed by atoms with Gasteiger partial charge in [0.15, 0.2) is 0 Å². The first-order valence-electron chi connectivity index (χ1n) is 5.80. The van der Waals surface area contributed by atoms with Crippen molar-refractivity contribution in [1.29, 1.82) is 5.26 Å². The van der Waals surface area contributed by atoms with E-state index in [-0.39, 0.29) is 24.2 Å². The number of carbonyl (C=O) groups is 1. The summed E-state index contributed by atoms with van der Waals surface area (Å²) in [5, 5.41) is 38.3. The average molecular weight is 277 g/mol. The van der Waals surface area contributed by atoms with E-state index in [2.05, 4.69) is 0 Å². The fraction of sp³-hybridized carbons (Fsp3) is 0.333. The van der Waals surface area contributed by atoms with Gasteiger partial charge in [-0.1, -0.05) is 0 Å². The number of nitro benzene ring substituents is 1. The number of nitriles is 1. The van der Waals surface area contributed by atoms with Gasteiger partial charge in [0.25, 0.3) is 5.69 Å². The van der Waals surface area contributed by atoms with Gasteiger partial charge in [0.2, 0.25) is 0 Å². The van der Waals surface area contributed by atoms with Crippen molar-refractivity contribution in [3.05, 3.63) is 33.9 Å². The molecule has 1 aromatic carbocycles. The van der Waals surface area contributed by atoms with Crippen molar-refractivity contribution in [1.82, 2.24) is 0 Å². The molecule has 2 unspecified atom stereocenters. The van der Waals surface area contributed by atoms with Crippen LogP contribution in [0.15, 0.2) is 18.2 Å². The number of rotatable bonds is 3. The number of aliphatic hydroxyl groups is 1. The second-order valence-electron chi connectivity index (χ2n) is 4.47. The molecule has 1 aliphatic heterocycles. The van der Waals surface area contributed by atoms with Gasteiger partial charge < -0.3 is 15.1 Å². The Kier molecular flexibility index (Phi) is 3.54. The van der Waals surface area contributed by atoms with Crippen LogP contribution in [0, 0.1) is 21.4 Å². The van der Waals surface area contributed by atoms with Crippen LogP contribution in [0.2, 0.25) is 0 Å². The topological polar surface area (TPSA) is 128 Å². The van der Waals surface area contributed by atoms with Crippen molar-refractivity contribution in [3.8, 4) is 6.07 Å². The van der Waals surface area contributed by atoms with E-state index in [1.807, 2.05) is 0 Å². The molecular formula is C12H11N3O5. The Morgan fingerprint density at radius 2 is 2.25 bits per heavy atom. The number of carboxylic acids is 1. The second kappa shape index (κ2) is 5.14. The molecule has 1 fully saturated rings. The summed E-state index contributed by atoms with van der Waals surface area (Å²) in [5.74, 6) is -1.08. The minimum Gasteiger partial charge on any atom is -0.480 e. The number of β-amino-alcohol motifs (C(OH)–C–C–N with tert-alkyl or cyclic N) is 1. The lowest BCUT2D eigenvalue weighted by molar-refractivity contribution is -0.385. The molecule has 1 heterocycles. The van der Waals surface area contributed by atoms with Gasteiger partial charge in [-0.3, -0.25) is 10.1 Å². The van der Waals surface area contributed by atoms with Crippen LogP contribution >= 0.6 is 0 Å².